The van der Waals surface area contributed by atoms with Crippen LogP contribution in [0, 0.1) is 23.0 Å². The number of aromatic nitrogens is 2. The smallest absolute Gasteiger partial charge is 0.409 e. The van der Waals surface area contributed by atoms with Crippen molar-refractivity contribution in [3.8, 4) is 29.0 Å². The lowest BCUT2D eigenvalue weighted by Gasteiger charge is -2.31. The molecule has 0 radical (unpaired) electrons. The number of hydrogen-bond acceptors (Lipinski definition) is 10. The number of methoxy groups -OCH3 is 1. The highest BCUT2D eigenvalue weighted by Gasteiger charge is 2.49. The number of halogens is 4. The first-order chi connectivity index (χ1) is 23.6. The van der Waals surface area contributed by atoms with Crippen molar-refractivity contribution >= 4 is 60.8 Å². The molecule has 0 aliphatic carbocycles. The molecule has 5 heterocycles. The average molecular weight is 715 g/mol. The second-order valence-electron chi connectivity index (χ2n) is 12.2. The van der Waals surface area contributed by atoms with Crippen LogP contribution in [0.5, 0.6) is 11.8 Å². The predicted octanol–water partition coefficient (Wildman–Crippen LogP) is 6.76. The zero-order chi connectivity index (χ0) is 34.6. The number of thiophene rings is 1. The zero-order valence-corrected chi connectivity index (χ0v) is 27.8. The number of anilines is 2. The third-order valence-electron chi connectivity index (χ3n) is 9.45. The molecule has 2 aromatic heterocycles. The summed E-state index contributed by atoms with van der Waals surface area (Å²) in [6, 6.07) is 3.67. The van der Waals surface area contributed by atoms with Gasteiger partial charge in [0.1, 0.15) is 47.6 Å². The molecule has 2 saturated heterocycles. The maximum absolute atomic E-state index is 17.2. The summed E-state index contributed by atoms with van der Waals surface area (Å²) in [5, 5.41) is 21.3. The summed E-state index contributed by atoms with van der Waals surface area (Å²) in [6.07, 6.45) is 1.15. The number of amides is 1. The van der Waals surface area contributed by atoms with Gasteiger partial charge in [-0.3, -0.25) is 10.2 Å². The summed E-state index contributed by atoms with van der Waals surface area (Å²) in [5.41, 5.74) is -1.16. The molecule has 11 nitrogen and oxygen atoms in total. The van der Waals surface area contributed by atoms with Crippen LogP contribution in [-0.2, 0) is 4.74 Å². The van der Waals surface area contributed by atoms with Crippen molar-refractivity contribution in [2.24, 2.45) is 0 Å². The minimum Gasteiger partial charge on any atom is -0.489 e. The number of hydrogen-bond donors (Lipinski definition) is 2. The van der Waals surface area contributed by atoms with Gasteiger partial charge in [0, 0.05) is 37.6 Å². The average Bonchev–Trinajstić information content (AvgIpc) is 3.69. The van der Waals surface area contributed by atoms with Crippen molar-refractivity contribution in [2.45, 2.75) is 37.0 Å². The van der Waals surface area contributed by atoms with Gasteiger partial charge in [-0.25, -0.2) is 18.0 Å². The second kappa shape index (κ2) is 12.8. The van der Waals surface area contributed by atoms with Crippen LogP contribution >= 0.6 is 22.9 Å². The van der Waals surface area contributed by atoms with Gasteiger partial charge in [-0.1, -0.05) is 23.7 Å². The Bertz CT molecular complexity index is 2060. The van der Waals surface area contributed by atoms with Gasteiger partial charge in [0.15, 0.2) is 11.6 Å². The van der Waals surface area contributed by atoms with E-state index in [0.29, 0.717) is 30.8 Å². The first kappa shape index (κ1) is 33.2. The summed E-state index contributed by atoms with van der Waals surface area (Å²) in [6.45, 7) is 5.73. The van der Waals surface area contributed by atoms with E-state index < -0.39 is 35.5 Å². The van der Waals surface area contributed by atoms with Gasteiger partial charge in [0.2, 0.25) is 0 Å². The molecular formula is C33H30ClF3N6O5S. The summed E-state index contributed by atoms with van der Waals surface area (Å²) in [5.74, 6) is -1.36. The number of benzene rings is 2. The van der Waals surface area contributed by atoms with E-state index in [9.17, 15) is 19.6 Å². The van der Waals surface area contributed by atoms with Gasteiger partial charge in [-0.15, -0.1) is 17.9 Å². The minimum absolute atomic E-state index is 0.0238. The molecule has 0 spiro atoms. The molecule has 4 aromatic rings. The number of nitrogens with zero attached hydrogens (tertiary/aromatic N) is 5. The molecule has 0 bridgehead atoms. The van der Waals surface area contributed by atoms with Gasteiger partial charge < -0.3 is 24.2 Å². The van der Waals surface area contributed by atoms with E-state index in [1.165, 1.54) is 6.07 Å². The molecule has 16 heteroatoms. The molecule has 3 aliphatic heterocycles. The standard InChI is InChI=1S/C33H30ClF3N6O5S/c1-3-17-14-47-27-23-26(25(37)22(24(27)34)18-5-6-20(36)28-21(18)19(12-38)30(49-28)41-32(44)45)39-31(40-29(23)43(17)9-10-46-2)48-15-33-7-4-8-42(33)13-16(35)11-33/h3,5-6,16-17,41H,1,4,7-11,13-15H2,2H3,(H,44,45)/t16-,17+,33+/m1/s1. The number of nitriles is 1. The van der Waals surface area contributed by atoms with E-state index in [-0.39, 0.29) is 85.1 Å². The van der Waals surface area contributed by atoms with E-state index in [1.807, 2.05) is 11.0 Å². The lowest BCUT2D eigenvalue weighted by Crippen LogP contribution is -2.43. The summed E-state index contributed by atoms with van der Waals surface area (Å²) in [7, 11) is 1.55. The quantitative estimate of drug-likeness (QED) is 0.179. The number of alkyl halides is 1. The molecule has 0 saturated carbocycles. The number of carbonyl (C=O) groups is 1. The molecule has 256 valence electrons. The third-order valence-corrected chi connectivity index (χ3v) is 10.9. The SMILES string of the molecule is C=C[C@H]1COc2c(Cl)c(-c3ccc(F)c4sc(NC(=O)O)c(C#N)c34)c(F)c3nc(OC[C@@]45CCCN4C[C@H](F)C5)nc(c23)N1CCOC. The molecule has 3 aliphatic rings. The first-order valence-corrected chi connectivity index (χ1v) is 16.7. The summed E-state index contributed by atoms with van der Waals surface area (Å²) >= 11 is 7.69. The molecule has 7 rings (SSSR count). The van der Waals surface area contributed by atoms with Gasteiger partial charge in [0.25, 0.3) is 0 Å². The molecule has 2 N–H and O–H groups in total. The van der Waals surface area contributed by atoms with E-state index in [2.05, 4.69) is 21.8 Å². The Hall–Kier alpha value is -4.36. The zero-order valence-electron chi connectivity index (χ0n) is 26.2. The predicted molar refractivity (Wildman–Crippen MR) is 179 cm³/mol. The van der Waals surface area contributed by atoms with Crippen molar-refractivity contribution in [1.29, 1.82) is 5.26 Å². The maximum atomic E-state index is 17.2. The van der Waals surface area contributed by atoms with Crippen molar-refractivity contribution in [3.05, 3.63) is 47.0 Å². The first-order valence-electron chi connectivity index (χ1n) is 15.5. The Morgan fingerprint density at radius 1 is 1.37 bits per heavy atom. The highest BCUT2D eigenvalue weighted by molar-refractivity contribution is 7.23. The van der Waals surface area contributed by atoms with Crippen LogP contribution in [0.3, 0.4) is 0 Å². The van der Waals surface area contributed by atoms with Crippen LogP contribution in [-0.4, -0.2) is 90.4 Å². The normalized spacial score (nSPS) is 21.8. The molecule has 49 heavy (non-hydrogen) atoms. The van der Waals surface area contributed by atoms with Crippen LogP contribution in [0.25, 0.3) is 32.1 Å². The van der Waals surface area contributed by atoms with Crippen LogP contribution in [0.1, 0.15) is 24.8 Å². The van der Waals surface area contributed by atoms with Gasteiger partial charge in [-0.2, -0.15) is 15.2 Å². The summed E-state index contributed by atoms with van der Waals surface area (Å²) in [4.78, 5) is 24.6. The number of nitrogens with one attached hydrogen (secondary N) is 1. The van der Waals surface area contributed by atoms with Crippen molar-refractivity contribution < 1.29 is 37.3 Å². The van der Waals surface area contributed by atoms with E-state index in [4.69, 9.17) is 30.8 Å². The molecular weight excluding hydrogens is 685 g/mol. The van der Waals surface area contributed by atoms with E-state index in [1.54, 1.807) is 13.2 Å². The van der Waals surface area contributed by atoms with E-state index in [0.717, 1.165) is 25.5 Å². The molecule has 2 aromatic carbocycles. The van der Waals surface area contributed by atoms with Crippen LogP contribution in [0.15, 0.2) is 24.8 Å². The Morgan fingerprint density at radius 2 is 2.18 bits per heavy atom. The lowest BCUT2D eigenvalue weighted by molar-refractivity contribution is 0.107. The third kappa shape index (κ3) is 5.47. The van der Waals surface area contributed by atoms with Crippen LogP contribution in [0.4, 0.5) is 28.8 Å². The highest BCUT2D eigenvalue weighted by atomic mass is 35.5. The monoisotopic (exact) mass is 714 g/mol. The van der Waals surface area contributed by atoms with Gasteiger partial charge in [0.05, 0.1) is 38.9 Å². The number of fused-ring (bicyclic) bond motifs is 2. The fraction of sp³-hybridized carbons (Fsp3) is 0.394. The second-order valence-corrected chi connectivity index (χ2v) is 13.6. The molecule has 2 fully saturated rings. The van der Waals surface area contributed by atoms with Gasteiger partial charge >= 0.3 is 12.1 Å². The van der Waals surface area contributed by atoms with Crippen molar-refractivity contribution in [3.63, 3.8) is 0 Å². The Balaban J connectivity index is 1.47. The van der Waals surface area contributed by atoms with Crippen molar-refractivity contribution in [2.75, 3.05) is 56.8 Å². The highest BCUT2D eigenvalue weighted by Crippen LogP contribution is 2.51. The van der Waals surface area contributed by atoms with Gasteiger partial charge in [-0.05, 0) is 31.0 Å². The minimum atomic E-state index is -1.46. The molecule has 0 unspecified atom stereocenters. The fourth-order valence-electron chi connectivity index (χ4n) is 7.27. The Labute approximate surface area is 287 Å². The fourth-order valence-corrected chi connectivity index (χ4v) is 8.68. The number of carboxylic acid groups (broad SMARTS) is 1. The molecule has 3 atom stereocenters. The number of rotatable bonds is 9. The summed E-state index contributed by atoms with van der Waals surface area (Å²) < 4.78 is 64.6. The Kier molecular flexibility index (Phi) is 8.68. The molecule has 1 amide bonds. The van der Waals surface area contributed by atoms with Crippen LogP contribution < -0.4 is 19.7 Å². The lowest BCUT2D eigenvalue weighted by atomic mass is 9.95. The van der Waals surface area contributed by atoms with E-state index >= 15 is 8.78 Å². The largest absolute Gasteiger partial charge is 0.489 e. The Morgan fingerprint density at radius 3 is 2.92 bits per heavy atom. The topological polar surface area (TPSA) is 133 Å². The van der Waals surface area contributed by atoms with Crippen molar-refractivity contribution in [1.82, 2.24) is 14.9 Å². The number of ether oxygens (including phenoxy) is 3. The van der Waals surface area contributed by atoms with Crippen LogP contribution in [0.2, 0.25) is 5.02 Å². The maximum Gasteiger partial charge on any atom is 0.409 e.